The van der Waals surface area contributed by atoms with Crippen LogP contribution in [-0.2, 0) is 0 Å². The van der Waals surface area contributed by atoms with Gasteiger partial charge in [-0.1, -0.05) is 159 Å². The molecule has 1 aromatic heterocycles. The minimum Gasteiger partial charge on any atom is -0.292 e. The van der Waals surface area contributed by atoms with Gasteiger partial charge in [0.25, 0.3) is 0 Å². The van der Waals surface area contributed by atoms with Crippen molar-refractivity contribution in [1.29, 1.82) is 0 Å². The highest BCUT2D eigenvalue weighted by Crippen LogP contribution is 2.38. The van der Waals surface area contributed by atoms with Crippen molar-refractivity contribution in [3.63, 3.8) is 0 Å². The first kappa shape index (κ1) is 32.6. The topological polar surface area (TPSA) is 17.8 Å². The second kappa shape index (κ2) is 13.2. The Morgan fingerprint density at radius 2 is 1.18 bits per heavy atom. The molecule has 56 heavy (non-hydrogen) atoms. The molecule has 2 nitrogen and oxygen atoms in total. The number of nitrogens with zero attached hydrogens (tertiary/aromatic N) is 2. The van der Waals surface area contributed by atoms with Gasteiger partial charge in [0.1, 0.15) is 5.82 Å². The Balaban J connectivity index is 1.12. The van der Waals surface area contributed by atoms with E-state index in [2.05, 4.69) is 200 Å². The summed E-state index contributed by atoms with van der Waals surface area (Å²) < 4.78 is 2.27. The maximum Gasteiger partial charge on any atom is 0.145 e. The Hall–Kier alpha value is -6.77. The third-order valence-electron chi connectivity index (χ3n) is 12.1. The monoisotopic (exact) mass is 716 g/mol. The molecule has 0 aliphatic heterocycles. The number of aromatic nitrogens is 2. The van der Waals surface area contributed by atoms with Crippen molar-refractivity contribution in [1.82, 2.24) is 9.55 Å². The van der Waals surface area contributed by atoms with Crippen LogP contribution in [0.1, 0.15) is 31.2 Å². The van der Waals surface area contributed by atoms with Crippen molar-refractivity contribution in [3.8, 4) is 39.3 Å². The summed E-state index contributed by atoms with van der Waals surface area (Å²) in [6, 6.07) is 59.8. The van der Waals surface area contributed by atoms with Crippen molar-refractivity contribution in [2.24, 2.45) is 5.92 Å². The summed E-state index contributed by atoms with van der Waals surface area (Å²) in [4.78, 5) is 5.14. The number of rotatable bonds is 5. The maximum atomic E-state index is 5.14. The lowest BCUT2D eigenvalue weighted by Gasteiger charge is -2.27. The molecular formula is C54H40N2. The molecule has 0 saturated heterocycles. The van der Waals surface area contributed by atoms with Gasteiger partial charge in [0.2, 0.25) is 0 Å². The fourth-order valence-electron chi connectivity index (χ4n) is 9.40. The molecule has 0 bridgehead atoms. The molecule has 2 unspecified atom stereocenters. The number of benzene rings is 8. The molecule has 0 spiro atoms. The standard InChI is InChI=1S/C54H40N2/c1-35-31-39-14-7-8-16-41(39)33-48(35)53-46-20-10-9-19-45(46)52(43-28-25-36-13-5-6-15-40(36)32-43)49-34-42(29-30-47(49)53)37-23-26-38(27-24-37)54-55-50-21-11-12-22-51(50)56(54)44-17-3-2-4-18-44/h2-8,11-35,48H,9-10H2,1H3. The third-order valence-corrected chi connectivity index (χ3v) is 12.1. The smallest absolute Gasteiger partial charge is 0.145 e. The molecule has 11 rings (SSSR count). The Morgan fingerprint density at radius 1 is 0.518 bits per heavy atom. The Bertz CT molecular complexity index is 3260. The lowest BCUT2D eigenvalue weighted by Crippen LogP contribution is -2.37. The Morgan fingerprint density at radius 3 is 2.02 bits per heavy atom. The molecule has 0 radical (unpaired) electrons. The number of fused-ring (bicyclic) bond motifs is 5. The molecule has 2 aliphatic rings. The van der Waals surface area contributed by atoms with E-state index in [9.17, 15) is 0 Å². The summed E-state index contributed by atoms with van der Waals surface area (Å²) in [6.07, 6.45) is 12.1. The molecule has 0 N–H and O–H groups in total. The van der Waals surface area contributed by atoms with Gasteiger partial charge in [-0.2, -0.15) is 0 Å². The van der Waals surface area contributed by atoms with E-state index in [4.69, 9.17) is 4.98 Å². The predicted molar refractivity (Wildman–Crippen MR) is 236 cm³/mol. The summed E-state index contributed by atoms with van der Waals surface area (Å²) in [6.45, 7) is 2.39. The SMILES string of the molecule is CC1C=c2ccccc2=CC1c1c2c(c(-c3ccc4ccccc4c3)c3cc(-c4ccc(-c5nc6ccccc6n5-c5ccccc5)cc4)ccc13)=CCCC=2. The fraction of sp³-hybridized carbons (Fsp3) is 0.0926. The van der Waals surface area contributed by atoms with Gasteiger partial charge in [-0.05, 0) is 125 Å². The van der Waals surface area contributed by atoms with Crippen LogP contribution in [0.25, 0.3) is 96.2 Å². The molecule has 2 heteroatoms. The second-order valence-corrected chi connectivity index (χ2v) is 15.4. The number of hydrogen-bond acceptors (Lipinski definition) is 1. The average molecular weight is 717 g/mol. The molecule has 0 amide bonds. The van der Waals surface area contributed by atoms with E-state index in [0.29, 0.717) is 5.92 Å². The van der Waals surface area contributed by atoms with Crippen LogP contribution in [0.3, 0.4) is 0 Å². The molecule has 0 fully saturated rings. The quantitative estimate of drug-likeness (QED) is 0.173. The van der Waals surface area contributed by atoms with Crippen LogP contribution in [-0.4, -0.2) is 9.55 Å². The van der Waals surface area contributed by atoms with Gasteiger partial charge in [-0.25, -0.2) is 4.98 Å². The molecule has 266 valence electrons. The van der Waals surface area contributed by atoms with Gasteiger partial charge in [0.15, 0.2) is 0 Å². The molecular weight excluding hydrogens is 677 g/mol. The first-order valence-electron chi connectivity index (χ1n) is 19.9. The normalized spacial score (nSPS) is 16.0. The molecule has 9 aromatic rings. The molecule has 2 aliphatic carbocycles. The highest BCUT2D eigenvalue weighted by Gasteiger charge is 2.25. The van der Waals surface area contributed by atoms with E-state index >= 15 is 0 Å². The van der Waals surface area contributed by atoms with Crippen LogP contribution in [0.15, 0.2) is 164 Å². The van der Waals surface area contributed by atoms with Crippen molar-refractivity contribution in [2.75, 3.05) is 0 Å². The van der Waals surface area contributed by atoms with Gasteiger partial charge in [0.05, 0.1) is 11.0 Å². The minimum atomic E-state index is 0.267. The highest BCUT2D eigenvalue weighted by atomic mass is 15.1. The van der Waals surface area contributed by atoms with Gasteiger partial charge in [0, 0.05) is 17.2 Å². The lowest BCUT2D eigenvalue weighted by atomic mass is 9.77. The first-order valence-corrected chi connectivity index (χ1v) is 19.9. The highest BCUT2D eigenvalue weighted by molar-refractivity contribution is 6.04. The van der Waals surface area contributed by atoms with E-state index in [1.165, 1.54) is 70.2 Å². The van der Waals surface area contributed by atoms with Crippen LogP contribution in [0.4, 0.5) is 0 Å². The summed E-state index contributed by atoms with van der Waals surface area (Å²) in [5.41, 5.74) is 10.8. The summed E-state index contributed by atoms with van der Waals surface area (Å²) in [5.74, 6) is 1.58. The van der Waals surface area contributed by atoms with Crippen LogP contribution in [0, 0.1) is 5.92 Å². The molecule has 2 atom stereocenters. The maximum absolute atomic E-state index is 5.14. The lowest BCUT2D eigenvalue weighted by molar-refractivity contribution is 0.693. The zero-order valence-electron chi connectivity index (χ0n) is 31.4. The van der Waals surface area contributed by atoms with Crippen molar-refractivity contribution >= 4 is 56.9 Å². The zero-order chi connectivity index (χ0) is 37.2. The van der Waals surface area contributed by atoms with E-state index in [1.807, 2.05) is 0 Å². The van der Waals surface area contributed by atoms with E-state index in [-0.39, 0.29) is 5.92 Å². The zero-order valence-corrected chi connectivity index (χ0v) is 31.4. The largest absolute Gasteiger partial charge is 0.292 e. The average Bonchev–Trinajstić information content (AvgIpc) is 3.65. The van der Waals surface area contributed by atoms with Gasteiger partial charge in [-0.3, -0.25) is 4.57 Å². The Kier molecular flexibility index (Phi) is 7.70. The van der Waals surface area contributed by atoms with Gasteiger partial charge >= 0.3 is 0 Å². The third kappa shape index (κ3) is 5.36. The van der Waals surface area contributed by atoms with E-state index in [0.717, 1.165) is 41.0 Å². The first-order chi connectivity index (χ1) is 27.7. The molecule has 8 aromatic carbocycles. The van der Waals surface area contributed by atoms with E-state index in [1.54, 1.807) is 0 Å². The molecule has 1 heterocycles. The summed E-state index contributed by atoms with van der Waals surface area (Å²) in [5, 5.41) is 10.6. The van der Waals surface area contributed by atoms with Crippen LogP contribution < -0.4 is 20.9 Å². The predicted octanol–water partition coefficient (Wildman–Crippen LogP) is 10.7. The minimum absolute atomic E-state index is 0.267. The van der Waals surface area contributed by atoms with Crippen molar-refractivity contribution in [3.05, 3.63) is 190 Å². The van der Waals surface area contributed by atoms with E-state index < -0.39 is 0 Å². The molecule has 0 saturated carbocycles. The van der Waals surface area contributed by atoms with Gasteiger partial charge < -0.3 is 0 Å². The van der Waals surface area contributed by atoms with Gasteiger partial charge in [-0.15, -0.1) is 0 Å². The van der Waals surface area contributed by atoms with Crippen LogP contribution in [0.2, 0.25) is 0 Å². The van der Waals surface area contributed by atoms with Crippen molar-refractivity contribution < 1.29 is 0 Å². The van der Waals surface area contributed by atoms with Crippen LogP contribution >= 0.6 is 0 Å². The van der Waals surface area contributed by atoms with Crippen molar-refractivity contribution in [2.45, 2.75) is 25.7 Å². The second-order valence-electron chi connectivity index (χ2n) is 15.4. The number of hydrogen-bond donors (Lipinski definition) is 0. The Labute approximate surface area is 326 Å². The fourth-order valence-corrected chi connectivity index (χ4v) is 9.40. The number of para-hydroxylation sites is 3. The summed E-state index contributed by atoms with van der Waals surface area (Å²) >= 11 is 0. The summed E-state index contributed by atoms with van der Waals surface area (Å²) in [7, 11) is 0. The van der Waals surface area contributed by atoms with Crippen LogP contribution in [0.5, 0.6) is 0 Å². The number of imidazole rings is 1.